The van der Waals surface area contributed by atoms with Gasteiger partial charge >= 0.3 is 5.97 Å². The summed E-state index contributed by atoms with van der Waals surface area (Å²) in [4.78, 5) is 22.7. The number of aryl methyl sites for hydroxylation is 1. The number of nitrogens with one attached hydrogen (secondary N) is 1. The van der Waals surface area contributed by atoms with Crippen molar-refractivity contribution < 1.29 is 23.1 Å². The smallest absolute Gasteiger partial charge is 0.307 e. The second-order valence-electron chi connectivity index (χ2n) is 4.93. The standard InChI is InChI=1S/C13H18N2O5S/c1-7-4-5-10(6-11(7)21(14,19)20)15-12(16)8(2)9(3)13(17)18/h4-6,8-9H,1-3H3,(H,15,16)(H,17,18)(H2,14,19,20). The molecule has 0 saturated heterocycles. The highest BCUT2D eigenvalue weighted by Gasteiger charge is 2.26. The minimum absolute atomic E-state index is 0.0840. The molecule has 2 atom stereocenters. The first-order valence-electron chi connectivity index (χ1n) is 6.21. The summed E-state index contributed by atoms with van der Waals surface area (Å²) < 4.78 is 22.8. The Labute approximate surface area is 123 Å². The van der Waals surface area contributed by atoms with Crippen molar-refractivity contribution in [1.82, 2.24) is 0 Å². The predicted octanol–water partition coefficient (Wildman–Crippen LogP) is 0.938. The van der Waals surface area contributed by atoms with Crippen molar-refractivity contribution in [2.45, 2.75) is 25.7 Å². The van der Waals surface area contributed by atoms with Crippen LogP contribution in [-0.2, 0) is 19.6 Å². The third kappa shape index (κ3) is 4.27. The second-order valence-corrected chi connectivity index (χ2v) is 6.46. The summed E-state index contributed by atoms with van der Waals surface area (Å²) in [5.74, 6) is -3.20. The lowest BCUT2D eigenvalue weighted by molar-refractivity contribution is -0.145. The maximum atomic E-state index is 11.9. The summed E-state index contributed by atoms with van der Waals surface area (Å²) in [5, 5.41) is 16.5. The summed E-state index contributed by atoms with van der Waals surface area (Å²) in [7, 11) is -3.89. The van der Waals surface area contributed by atoms with Gasteiger partial charge in [0.25, 0.3) is 0 Å². The number of benzene rings is 1. The summed E-state index contributed by atoms with van der Waals surface area (Å²) in [6, 6.07) is 4.29. The molecule has 0 bridgehead atoms. The average molecular weight is 314 g/mol. The molecular formula is C13H18N2O5S. The highest BCUT2D eigenvalue weighted by Crippen LogP contribution is 2.20. The molecule has 1 rings (SSSR count). The van der Waals surface area contributed by atoms with Gasteiger partial charge in [-0.05, 0) is 24.6 Å². The van der Waals surface area contributed by atoms with Crippen molar-refractivity contribution in [2.75, 3.05) is 5.32 Å². The topological polar surface area (TPSA) is 127 Å². The Kier molecular flexibility index (Phi) is 5.08. The molecule has 0 aliphatic carbocycles. The van der Waals surface area contributed by atoms with E-state index < -0.39 is 33.7 Å². The number of hydrogen-bond acceptors (Lipinski definition) is 4. The number of carbonyl (C=O) groups is 2. The fourth-order valence-corrected chi connectivity index (χ4v) is 2.49. The number of hydrogen-bond donors (Lipinski definition) is 3. The van der Waals surface area contributed by atoms with Crippen LogP contribution in [-0.4, -0.2) is 25.4 Å². The van der Waals surface area contributed by atoms with Gasteiger partial charge in [-0.15, -0.1) is 0 Å². The predicted molar refractivity (Wildman–Crippen MR) is 77.1 cm³/mol. The van der Waals surface area contributed by atoms with Crippen LogP contribution >= 0.6 is 0 Å². The van der Waals surface area contributed by atoms with E-state index in [9.17, 15) is 18.0 Å². The van der Waals surface area contributed by atoms with E-state index in [1.54, 1.807) is 6.92 Å². The van der Waals surface area contributed by atoms with Crippen molar-refractivity contribution in [1.29, 1.82) is 0 Å². The zero-order valence-corrected chi connectivity index (χ0v) is 12.8. The molecule has 0 aliphatic rings. The van der Waals surface area contributed by atoms with E-state index in [0.29, 0.717) is 5.56 Å². The number of rotatable bonds is 5. The number of carboxylic acid groups (broad SMARTS) is 1. The molecule has 8 heteroatoms. The molecular weight excluding hydrogens is 296 g/mol. The SMILES string of the molecule is Cc1ccc(NC(=O)C(C)C(C)C(=O)O)cc1S(N)(=O)=O. The van der Waals surface area contributed by atoms with Crippen molar-refractivity contribution in [3.63, 3.8) is 0 Å². The number of primary sulfonamides is 1. The highest BCUT2D eigenvalue weighted by molar-refractivity contribution is 7.89. The number of sulfonamides is 1. The Morgan fingerprint density at radius 2 is 1.81 bits per heavy atom. The largest absolute Gasteiger partial charge is 0.481 e. The Morgan fingerprint density at radius 1 is 1.24 bits per heavy atom. The van der Waals surface area contributed by atoms with Crippen LogP contribution in [0.4, 0.5) is 5.69 Å². The van der Waals surface area contributed by atoms with Gasteiger partial charge < -0.3 is 10.4 Å². The first-order valence-corrected chi connectivity index (χ1v) is 7.75. The lowest BCUT2D eigenvalue weighted by Crippen LogP contribution is -2.30. The van der Waals surface area contributed by atoms with Crippen molar-refractivity contribution in [3.8, 4) is 0 Å². The average Bonchev–Trinajstić information content (AvgIpc) is 2.37. The van der Waals surface area contributed by atoms with Gasteiger partial charge in [-0.2, -0.15) is 0 Å². The molecule has 1 amide bonds. The van der Waals surface area contributed by atoms with E-state index in [1.165, 1.54) is 32.0 Å². The first kappa shape index (κ1) is 17.1. The lowest BCUT2D eigenvalue weighted by Gasteiger charge is -2.16. The second kappa shape index (κ2) is 6.23. The lowest BCUT2D eigenvalue weighted by atomic mass is 9.95. The molecule has 1 aromatic rings. The van der Waals surface area contributed by atoms with Crippen LogP contribution in [0.1, 0.15) is 19.4 Å². The van der Waals surface area contributed by atoms with Crippen LogP contribution in [0, 0.1) is 18.8 Å². The molecule has 0 saturated carbocycles. The fourth-order valence-electron chi connectivity index (χ4n) is 1.68. The first-order chi connectivity index (χ1) is 9.54. The van der Waals surface area contributed by atoms with Crippen LogP contribution in [0.2, 0.25) is 0 Å². The molecule has 116 valence electrons. The third-order valence-electron chi connectivity index (χ3n) is 3.32. The molecule has 0 aromatic heterocycles. The molecule has 2 unspecified atom stereocenters. The molecule has 4 N–H and O–H groups in total. The highest BCUT2D eigenvalue weighted by atomic mass is 32.2. The summed E-state index contributed by atoms with van der Waals surface area (Å²) in [6.07, 6.45) is 0. The molecule has 0 radical (unpaired) electrons. The molecule has 0 fully saturated rings. The van der Waals surface area contributed by atoms with Gasteiger partial charge in [0, 0.05) is 11.6 Å². The number of anilines is 1. The molecule has 0 heterocycles. The van der Waals surface area contributed by atoms with Crippen LogP contribution in [0.3, 0.4) is 0 Å². The Bertz CT molecular complexity index is 669. The van der Waals surface area contributed by atoms with Gasteiger partial charge in [-0.3, -0.25) is 9.59 Å². The van der Waals surface area contributed by atoms with E-state index in [2.05, 4.69) is 5.32 Å². The Morgan fingerprint density at radius 3 is 2.29 bits per heavy atom. The van der Waals surface area contributed by atoms with Crippen molar-refractivity contribution in [2.24, 2.45) is 17.0 Å². The number of carboxylic acids is 1. The minimum atomic E-state index is -3.89. The van der Waals surface area contributed by atoms with E-state index in [-0.39, 0.29) is 10.6 Å². The van der Waals surface area contributed by atoms with Crippen LogP contribution < -0.4 is 10.5 Å². The molecule has 7 nitrogen and oxygen atoms in total. The summed E-state index contributed by atoms with van der Waals surface area (Å²) in [5.41, 5.74) is 0.710. The normalized spacial score (nSPS) is 14.3. The van der Waals surface area contributed by atoms with Crippen molar-refractivity contribution in [3.05, 3.63) is 23.8 Å². The van der Waals surface area contributed by atoms with Gasteiger partial charge in [0.2, 0.25) is 15.9 Å². The Hall–Kier alpha value is -1.93. The van der Waals surface area contributed by atoms with Gasteiger partial charge in [-0.1, -0.05) is 19.9 Å². The monoisotopic (exact) mass is 314 g/mol. The summed E-state index contributed by atoms with van der Waals surface area (Å²) >= 11 is 0. The van der Waals surface area contributed by atoms with E-state index >= 15 is 0 Å². The Balaban J connectivity index is 2.99. The third-order valence-corrected chi connectivity index (χ3v) is 4.37. The number of nitrogens with two attached hydrogens (primary N) is 1. The van der Waals surface area contributed by atoms with Gasteiger partial charge in [0.15, 0.2) is 0 Å². The quantitative estimate of drug-likeness (QED) is 0.745. The van der Waals surface area contributed by atoms with E-state index in [1.807, 2.05) is 0 Å². The maximum Gasteiger partial charge on any atom is 0.307 e. The van der Waals surface area contributed by atoms with Crippen LogP contribution in [0.15, 0.2) is 23.1 Å². The minimum Gasteiger partial charge on any atom is -0.481 e. The molecule has 1 aromatic carbocycles. The molecule has 21 heavy (non-hydrogen) atoms. The van der Waals surface area contributed by atoms with Gasteiger partial charge in [0.1, 0.15) is 0 Å². The van der Waals surface area contributed by atoms with E-state index in [0.717, 1.165) is 0 Å². The maximum absolute atomic E-state index is 11.9. The van der Waals surface area contributed by atoms with Crippen LogP contribution in [0.25, 0.3) is 0 Å². The zero-order valence-electron chi connectivity index (χ0n) is 12.0. The zero-order chi connectivity index (χ0) is 16.4. The van der Waals surface area contributed by atoms with Crippen molar-refractivity contribution >= 4 is 27.6 Å². The number of amides is 1. The molecule has 0 spiro atoms. The van der Waals surface area contributed by atoms with Crippen LogP contribution in [0.5, 0.6) is 0 Å². The summed E-state index contributed by atoms with van der Waals surface area (Å²) in [6.45, 7) is 4.50. The van der Waals surface area contributed by atoms with E-state index in [4.69, 9.17) is 10.2 Å². The van der Waals surface area contributed by atoms with Gasteiger partial charge in [-0.25, -0.2) is 13.6 Å². The number of carbonyl (C=O) groups excluding carboxylic acids is 1. The fraction of sp³-hybridized carbons (Fsp3) is 0.385. The molecule has 0 aliphatic heterocycles. The van der Waals surface area contributed by atoms with Gasteiger partial charge in [0.05, 0.1) is 10.8 Å². The number of aliphatic carboxylic acids is 1.